The second kappa shape index (κ2) is 4.49. The van der Waals surface area contributed by atoms with Crippen molar-refractivity contribution in [2.75, 3.05) is 32.1 Å². The summed E-state index contributed by atoms with van der Waals surface area (Å²) in [4.78, 5) is 8.80. The first-order valence-electron chi connectivity index (χ1n) is 5.19. The van der Waals surface area contributed by atoms with Gasteiger partial charge in [0.15, 0.2) is 0 Å². The Labute approximate surface area is 99.2 Å². The minimum absolute atomic E-state index is 0.619. The molecule has 1 fully saturated rings. The number of hydrogen-bond acceptors (Lipinski definition) is 3. The summed E-state index contributed by atoms with van der Waals surface area (Å²) in [5, 5.41) is 0. The Hall–Kier alpha value is -0.610. The SMILES string of the molecule is CN1CCC(N(C)c2ccncc2Br)C1. The molecule has 0 amide bonds. The molecule has 0 spiro atoms. The summed E-state index contributed by atoms with van der Waals surface area (Å²) in [5.74, 6) is 0. The van der Waals surface area contributed by atoms with Crippen molar-refractivity contribution in [2.45, 2.75) is 12.5 Å². The Kier molecular flexibility index (Phi) is 3.26. The van der Waals surface area contributed by atoms with E-state index in [1.54, 1.807) is 0 Å². The van der Waals surface area contributed by atoms with E-state index in [-0.39, 0.29) is 0 Å². The lowest BCUT2D eigenvalue weighted by Gasteiger charge is -2.27. The highest BCUT2D eigenvalue weighted by atomic mass is 79.9. The minimum Gasteiger partial charge on any atom is -0.369 e. The summed E-state index contributed by atoms with van der Waals surface area (Å²) < 4.78 is 1.07. The third-order valence-electron chi connectivity index (χ3n) is 3.05. The largest absolute Gasteiger partial charge is 0.369 e. The van der Waals surface area contributed by atoms with E-state index in [0.717, 1.165) is 11.0 Å². The molecule has 0 radical (unpaired) electrons. The van der Waals surface area contributed by atoms with Crippen molar-refractivity contribution in [3.8, 4) is 0 Å². The summed E-state index contributed by atoms with van der Waals surface area (Å²) in [7, 11) is 4.33. The van der Waals surface area contributed by atoms with Crippen molar-refractivity contribution in [1.82, 2.24) is 9.88 Å². The van der Waals surface area contributed by atoms with Crippen molar-refractivity contribution in [3.05, 3.63) is 22.9 Å². The van der Waals surface area contributed by atoms with Crippen molar-refractivity contribution < 1.29 is 0 Å². The molecule has 2 rings (SSSR count). The van der Waals surface area contributed by atoms with Gasteiger partial charge in [-0.2, -0.15) is 0 Å². The normalized spacial score (nSPS) is 21.9. The van der Waals surface area contributed by atoms with Crippen molar-refractivity contribution in [3.63, 3.8) is 0 Å². The monoisotopic (exact) mass is 269 g/mol. The van der Waals surface area contributed by atoms with Crippen LogP contribution >= 0.6 is 15.9 Å². The molecule has 0 saturated carbocycles. The Morgan fingerprint density at radius 2 is 2.40 bits per heavy atom. The van der Waals surface area contributed by atoms with Crippen LogP contribution in [0.15, 0.2) is 22.9 Å². The molecule has 1 aliphatic rings. The summed E-state index contributed by atoms with van der Waals surface area (Å²) in [6.07, 6.45) is 4.93. The number of rotatable bonds is 2. The number of anilines is 1. The number of nitrogens with zero attached hydrogens (tertiary/aromatic N) is 3. The zero-order valence-corrected chi connectivity index (χ0v) is 10.7. The molecule has 0 aromatic carbocycles. The maximum Gasteiger partial charge on any atom is 0.0592 e. The quantitative estimate of drug-likeness (QED) is 0.819. The first-order valence-corrected chi connectivity index (χ1v) is 5.98. The van der Waals surface area contributed by atoms with Gasteiger partial charge in [-0.05, 0) is 42.0 Å². The van der Waals surface area contributed by atoms with Crippen molar-refractivity contribution >= 4 is 21.6 Å². The predicted molar refractivity (Wildman–Crippen MR) is 66.2 cm³/mol. The molecular formula is C11H16BrN3. The second-order valence-corrected chi connectivity index (χ2v) is 5.00. The zero-order chi connectivity index (χ0) is 10.8. The number of hydrogen-bond donors (Lipinski definition) is 0. The van der Waals surface area contributed by atoms with Gasteiger partial charge in [-0.15, -0.1) is 0 Å². The van der Waals surface area contributed by atoms with E-state index < -0.39 is 0 Å². The minimum atomic E-state index is 0.619. The van der Waals surface area contributed by atoms with E-state index in [1.165, 1.54) is 18.7 Å². The first-order chi connectivity index (χ1) is 7.18. The van der Waals surface area contributed by atoms with Gasteiger partial charge < -0.3 is 9.80 Å². The van der Waals surface area contributed by atoms with E-state index in [1.807, 2.05) is 12.4 Å². The number of pyridine rings is 1. The molecule has 1 atom stereocenters. The van der Waals surface area contributed by atoms with Gasteiger partial charge in [0.2, 0.25) is 0 Å². The molecule has 1 aromatic rings. The van der Waals surface area contributed by atoms with Gasteiger partial charge in [0, 0.05) is 32.0 Å². The van der Waals surface area contributed by atoms with E-state index in [0.29, 0.717) is 6.04 Å². The average Bonchev–Trinajstić information content (AvgIpc) is 2.65. The predicted octanol–water partition coefficient (Wildman–Crippen LogP) is 1.98. The highest BCUT2D eigenvalue weighted by Gasteiger charge is 2.24. The molecule has 1 saturated heterocycles. The van der Waals surface area contributed by atoms with Crippen LogP contribution in [-0.2, 0) is 0 Å². The van der Waals surface area contributed by atoms with Gasteiger partial charge in [0.05, 0.1) is 10.2 Å². The lowest BCUT2D eigenvalue weighted by molar-refractivity contribution is 0.409. The summed E-state index contributed by atoms with van der Waals surface area (Å²) in [5.41, 5.74) is 1.23. The molecule has 3 nitrogen and oxygen atoms in total. The zero-order valence-electron chi connectivity index (χ0n) is 9.15. The number of likely N-dealkylation sites (tertiary alicyclic amines) is 1. The van der Waals surface area contributed by atoms with Crippen LogP contribution in [-0.4, -0.2) is 43.1 Å². The Balaban J connectivity index is 2.14. The molecule has 4 heteroatoms. The molecule has 1 aliphatic heterocycles. The Morgan fingerprint density at radius 3 is 3.00 bits per heavy atom. The van der Waals surface area contributed by atoms with Crippen LogP contribution in [0.4, 0.5) is 5.69 Å². The molecule has 0 N–H and O–H groups in total. The third kappa shape index (κ3) is 2.32. The van der Waals surface area contributed by atoms with Gasteiger partial charge in [-0.25, -0.2) is 0 Å². The fourth-order valence-corrected chi connectivity index (χ4v) is 2.61. The second-order valence-electron chi connectivity index (χ2n) is 4.14. The molecule has 0 aliphatic carbocycles. The maximum atomic E-state index is 4.08. The Morgan fingerprint density at radius 1 is 1.60 bits per heavy atom. The Bertz CT molecular complexity index is 342. The van der Waals surface area contributed by atoms with Crippen LogP contribution in [0.3, 0.4) is 0 Å². The lowest BCUT2D eigenvalue weighted by atomic mass is 10.2. The van der Waals surface area contributed by atoms with Gasteiger partial charge in [0.1, 0.15) is 0 Å². The van der Waals surface area contributed by atoms with Gasteiger partial charge in [-0.1, -0.05) is 0 Å². The molecule has 15 heavy (non-hydrogen) atoms. The highest BCUT2D eigenvalue weighted by Crippen LogP contribution is 2.27. The van der Waals surface area contributed by atoms with Gasteiger partial charge in [-0.3, -0.25) is 4.98 Å². The topological polar surface area (TPSA) is 19.4 Å². The molecular weight excluding hydrogens is 254 g/mol. The summed E-state index contributed by atoms with van der Waals surface area (Å²) >= 11 is 3.54. The van der Waals surface area contributed by atoms with Crippen molar-refractivity contribution in [2.24, 2.45) is 0 Å². The molecule has 2 heterocycles. The lowest BCUT2D eigenvalue weighted by Crippen LogP contribution is -2.33. The van der Waals surface area contributed by atoms with E-state index >= 15 is 0 Å². The fourth-order valence-electron chi connectivity index (χ4n) is 2.08. The van der Waals surface area contributed by atoms with Crippen LogP contribution in [0, 0.1) is 0 Å². The smallest absolute Gasteiger partial charge is 0.0592 e. The number of likely N-dealkylation sites (N-methyl/N-ethyl adjacent to an activating group) is 2. The average molecular weight is 270 g/mol. The number of aromatic nitrogens is 1. The maximum absolute atomic E-state index is 4.08. The van der Waals surface area contributed by atoms with Crippen LogP contribution < -0.4 is 4.90 Å². The van der Waals surface area contributed by atoms with Crippen LogP contribution in [0.2, 0.25) is 0 Å². The standard InChI is InChI=1S/C11H16BrN3/c1-14-6-4-9(8-14)15(2)11-3-5-13-7-10(11)12/h3,5,7,9H,4,6,8H2,1-2H3. The highest BCUT2D eigenvalue weighted by molar-refractivity contribution is 9.10. The third-order valence-corrected chi connectivity index (χ3v) is 3.66. The van der Waals surface area contributed by atoms with Crippen molar-refractivity contribution in [1.29, 1.82) is 0 Å². The van der Waals surface area contributed by atoms with Crippen LogP contribution in [0.25, 0.3) is 0 Å². The van der Waals surface area contributed by atoms with Gasteiger partial charge in [0.25, 0.3) is 0 Å². The van der Waals surface area contributed by atoms with Crippen LogP contribution in [0.5, 0.6) is 0 Å². The molecule has 0 bridgehead atoms. The summed E-state index contributed by atoms with van der Waals surface area (Å²) in [6.45, 7) is 2.34. The first kappa shape index (κ1) is 10.9. The summed E-state index contributed by atoms with van der Waals surface area (Å²) in [6, 6.07) is 2.68. The van der Waals surface area contributed by atoms with E-state index in [2.05, 4.69) is 50.9 Å². The van der Waals surface area contributed by atoms with Gasteiger partial charge >= 0.3 is 0 Å². The van der Waals surface area contributed by atoms with Crippen LogP contribution in [0.1, 0.15) is 6.42 Å². The number of halogens is 1. The molecule has 82 valence electrons. The van der Waals surface area contributed by atoms with E-state index in [9.17, 15) is 0 Å². The molecule has 1 aromatic heterocycles. The van der Waals surface area contributed by atoms with E-state index in [4.69, 9.17) is 0 Å². The molecule has 1 unspecified atom stereocenters. The fraction of sp³-hybridized carbons (Fsp3) is 0.545.